The van der Waals surface area contributed by atoms with Gasteiger partial charge in [-0.3, -0.25) is 10.2 Å². The van der Waals surface area contributed by atoms with Gasteiger partial charge in [0.25, 0.3) is 5.91 Å². The summed E-state index contributed by atoms with van der Waals surface area (Å²) < 4.78 is 5.31. The number of ether oxygens (including phenoxy) is 1. The van der Waals surface area contributed by atoms with Crippen LogP contribution < -0.4 is 5.43 Å². The van der Waals surface area contributed by atoms with Crippen LogP contribution in [-0.4, -0.2) is 43.7 Å². The molecule has 0 radical (unpaired) electrons. The molecule has 1 aliphatic carbocycles. The van der Waals surface area contributed by atoms with Crippen molar-refractivity contribution >= 4 is 5.91 Å². The molecule has 0 spiro atoms. The molecule has 1 fully saturated rings. The summed E-state index contributed by atoms with van der Waals surface area (Å²) in [5.74, 6) is 0.656. The largest absolute Gasteiger partial charge is 0.381 e. The molecule has 1 amide bonds. The zero-order valence-electron chi connectivity index (χ0n) is 14.9. The summed E-state index contributed by atoms with van der Waals surface area (Å²) in [7, 11) is 1.75. The van der Waals surface area contributed by atoms with Gasteiger partial charge in [0.2, 0.25) is 0 Å². The van der Waals surface area contributed by atoms with Crippen LogP contribution in [0, 0.1) is 5.92 Å². The highest BCUT2D eigenvalue weighted by atomic mass is 16.5. The number of amides is 1. The van der Waals surface area contributed by atoms with E-state index in [0.717, 1.165) is 43.6 Å². The second-order valence-electron chi connectivity index (χ2n) is 6.15. The Bertz CT molecular complexity index is 538. The number of hydrogen-bond acceptors (Lipinski definition) is 4. The first-order valence-corrected chi connectivity index (χ1v) is 8.68. The average molecular weight is 332 g/mol. The Balaban J connectivity index is 1.88. The van der Waals surface area contributed by atoms with Crippen LogP contribution in [0.25, 0.3) is 0 Å². The second-order valence-corrected chi connectivity index (χ2v) is 6.15. The van der Waals surface area contributed by atoms with Crippen LogP contribution in [0.2, 0.25) is 0 Å². The topological polar surface area (TPSA) is 66.3 Å². The monoisotopic (exact) mass is 332 g/mol. The Morgan fingerprint density at radius 1 is 1.29 bits per heavy atom. The lowest BCUT2D eigenvalue weighted by atomic mass is 9.82. The van der Waals surface area contributed by atoms with E-state index in [1.807, 2.05) is 43.0 Å². The molecular weight excluding hydrogens is 304 g/mol. The van der Waals surface area contributed by atoms with Crippen molar-refractivity contribution in [2.75, 3.05) is 26.7 Å². The lowest BCUT2D eigenvalue weighted by Gasteiger charge is -2.37. The Morgan fingerprint density at radius 3 is 2.58 bits per heavy atom. The third kappa shape index (κ3) is 5.03. The van der Waals surface area contributed by atoms with Crippen LogP contribution in [-0.2, 0) is 11.3 Å². The maximum absolute atomic E-state index is 12.7. The molecule has 132 valence electrons. The number of nitrogens with zero attached hydrogens (tertiary/aromatic N) is 3. The molecule has 2 rings (SSSR count). The van der Waals surface area contributed by atoms with E-state index in [9.17, 15) is 4.79 Å². The maximum atomic E-state index is 12.7. The van der Waals surface area contributed by atoms with E-state index in [0.29, 0.717) is 18.6 Å². The highest BCUT2D eigenvalue weighted by Gasteiger charge is 2.31. The molecule has 1 N–H and O–H groups in total. The number of methoxy groups -OCH3 is 1. The minimum Gasteiger partial charge on any atom is -0.381 e. The van der Waals surface area contributed by atoms with Gasteiger partial charge in [0.15, 0.2) is 0 Å². The quantitative estimate of drug-likeness (QED) is 0.558. The second kappa shape index (κ2) is 9.37. The molecule has 0 heterocycles. The van der Waals surface area contributed by atoms with E-state index in [1.54, 1.807) is 7.11 Å². The normalized spacial score (nSPS) is 20.0. The predicted molar refractivity (Wildman–Crippen MR) is 93.8 cm³/mol. The lowest BCUT2D eigenvalue weighted by molar-refractivity contribution is -0.00908. The number of benzene rings is 1. The summed E-state index contributed by atoms with van der Waals surface area (Å²) >= 11 is 0. The summed E-state index contributed by atoms with van der Waals surface area (Å²) in [5, 5.41) is 7.87. The number of rotatable bonds is 9. The first-order valence-electron chi connectivity index (χ1n) is 8.68. The van der Waals surface area contributed by atoms with Crippen molar-refractivity contribution in [3.8, 4) is 0 Å². The third-order valence-corrected chi connectivity index (χ3v) is 4.43. The van der Waals surface area contributed by atoms with Crippen molar-refractivity contribution in [1.29, 1.82) is 0 Å². The minimum atomic E-state index is 0.0965. The van der Waals surface area contributed by atoms with Crippen LogP contribution in [0.3, 0.4) is 0 Å². The van der Waals surface area contributed by atoms with Crippen LogP contribution in [0.1, 0.15) is 42.6 Å². The summed E-state index contributed by atoms with van der Waals surface area (Å²) in [6, 6.07) is 7.64. The van der Waals surface area contributed by atoms with Gasteiger partial charge in [-0.2, -0.15) is 5.11 Å². The molecule has 0 atom stereocenters. The Hall–Kier alpha value is -1.95. The van der Waals surface area contributed by atoms with E-state index < -0.39 is 0 Å². The fourth-order valence-corrected chi connectivity index (χ4v) is 2.86. The highest BCUT2D eigenvalue weighted by molar-refractivity contribution is 5.94. The van der Waals surface area contributed by atoms with Crippen molar-refractivity contribution in [3.63, 3.8) is 0 Å². The Kier molecular flexibility index (Phi) is 7.18. The molecule has 24 heavy (non-hydrogen) atoms. The van der Waals surface area contributed by atoms with Gasteiger partial charge in [-0.1, -0.05) is 17.4 Å². The van der Waals surface area contributed by atoms with Crippen LogP contribution in [0.4, 0.5) is 0 Å². The molecule has 0 aromatic heterocycles. The number of carbonyl (C=O) groups excluding carboxylic acids is 1. The molecule has 1 aliphatic rings. The molecule has 6 heteroatoms. The van der Waals surface area contributed by atoms with E-state index in [-0.39, 0.29) is 5.91 Å². The number of carbonyl (C=O) groups is 1. The van der Waals surface area contributed by atoms with Gasteiger partial charge in [0, 0.05) is 32.3 Å². The molecule has 0 saturated heterocycles. The molecule has 1 saturated carbocycles. The molecule has 6 nitrogen and oxygen atoms in total. The van der Waals surface area contributed by atoms with E-state index in [2.05, 4.69) is 15.8 Å². The smallest absolute Gasteiger partial charge is 0.253 e. The molecule has 0 unspecified atom stereocenters. The molecule has 0 aliphatic heterocycles. The molecule has 1 aromatic carbocycles. The first kappa shape index (κ1) is 18.4. The van der Waals surface area contributed by atoms with Gasteiger partial charge in [-0.25, -0.2) is 0 Å². The SMILES string of the molecule is CCNN=NCc1ccc(C(=O)N(CC)CC2CC(OC)C2)cc1. The van der Waals surface area contributed by atoms with Crippen LogP contribution >= 0.6 is 0 Å². The van der Waals surface area contributed by atoms with Crippen LogP contribution in [0.15, 0.2) is 34.6 Å². The van der Waals surface area contributed by atoms with Gasteiger partial charge in [0.1, 0.15) is 0 Å². The number of nitrogens with one attached hydrogen (secondary N) is 1. The maximum Gasteiger partial charge on any atom is 0.253 e. The predicted octanol–water partition coefficient (Wildman–Crippen LogP) is 3.05. The summed E-state index contributed by atoms with van der Waals surface area (Å²) in [4.78, 5) is 14.6. The standard InChI is InChI=1S/C18H28N4O2/c1-4-19-21-20-12-14-6-8-16(9-7-14)18(23)22(5-2)13-15-10-17(11-15)24-3/h6-9,15,17H,4-5,10-13H2,1-3H3,(H,19,20). The van der Waals surface area contributed by atoms with Crippen molar-refractivity contribution in [2.45, 2.75) is 39.3 Å². The lowest BCUT2D eigenvalue weighted by Crippen LogP contribution is -2.42. The summed E-state index contributed by atoms with van der Waals surface area (Å²) in [5.41, 5.74) is 4.56. The van der Waals surface area contributed by atoms with Crippen molar-refractivity contribution in [1.82, 2.24) is 10.3 Å². The van der Waals surface area contributed by atoms with Gasteiger partial charge in [-0.15, -0.1) is 0 Å². The number of hydrogen-bond donors (Lipinski definition) is 1. The van der Waals surface area contributed by atoms with Gasteiger partial charge in [0.05, 0.1) is 12.6 Å². The third-order valence-electron chi connectivity index (χ3n) is 4.43. The van der Waals surface area contributed by atoms with E-state index in [1.165, 1.54) is 0 Å². The van der Waals surface area contributed by atoms with E-state index >= 15 is 0 Å². The first-order chi connectivity index (χ1) is 11.7. The summed E-state index contributed by atoms with van der Waals surface area (Å²) in [6.45, 7) is 6.81. The molecule has 1 aromatic rings. The van der Waals surface area contributed by atoms with Gasteiger partial charge >= 0.3 is 0 Å². The fourth-order valence-electron chi connectivity index (χ4n) is 2.86. The van der Waals surface area contributed by atoms with E-state index in [4.69, 9.17) is 4.74 Å². The molecular formula is C18H28N4O2. The highest BCUT2D eigenvalue weighted by Crippen LogP contribution is 2.30. The van der Waals surface area contributed by atoms with Crippen molar-refractivity contribution < 1.29 is 9.53 Å². The zero-order chi connectivity index (χ0) is 17.4. The minimum absolute atomic E-state index is 0.0965. The summed E-state index contributed by atoms with van der Waals surface area (Å²) in [6.07, 6.45) is 2.48. The van der Waals surface area contributed by atoms with Crippen LogP contribution in [0.5, 0.6) is 0 Å². The average Bonchev–Trinajstić information content (AvgIpc) is 2.58. The zero-order valence-corrected chi connectivity index (χ0v) is 14.9. The molecule has 0 bridgehead atoms. The van der Waals surface area contributed by atoms with Crippen molar-refractivity contribution in [3.05, 3.63) is 35.4 Å². The van der Waals surface area contributed by atoms with Crippen molar-refractivity contribution in [2.24, 2.45) is 16.3 Å². The van der Waals surface area contributed by atoms with Gasteiger partial charge in [-0.05, 0) is 50.3 Å². The fraction of sp³-hybridized carbons (Fsp3) is 0.611. The Morgan fingerprint density at radius 2 is 2.00 bits per heavy atom. The Labute approximate surface area is 144 Å². The van der Waals surface area contributed by atoms with Gasteiger partial charge < -0.3 is 9.64 Å².